The molecular weight excluding hydrogens is 372 g/mol. The summed E-state index contributed by atoms with van der Waals surface area (Å²) < 4.78 is 5.10. The second-order valence-electron chi connectivity index (χ2n) is 6.66. The lowest BCUT2D eigenvalue weighted by Gasteiger charge is -2.11. The molecule has 0 aliphatic rings. The maximum atomic E-state index is 12.1. The Hall–Kier alpha value is -2.99. The molecule has 1 aromatic heterocycles. The van der Waals surface area contributed by atoms with Crippen molar-refractivity contribution < 1.29 is 14.3 Å². The summed E-state index contributed by atoms with van der Waals surface area (Å²) in [6.45, 7) is 5.55. The molecule has 3 aromatic rings. The Bertz CT molecular complexity index is 973. The van der Waals surface area contributed by atoms with E-state index in [1.165, 1.54) is 16.9 Å². The number of para-hydroxylation sites is 1. The van der Waals surface area contributed by atoms with Crippen molar-refractivity contribution in [2.45, 2.75) is 27.2 Å². The monoisotopic (exact) mass is 394 g/mol. The number of hydrogen-bond donors (Lipinski definition) is 1. The zero-order valence-corrected chi connectivity index (χ0v) is 16.9. The van der Waals surface area contributed by atoms with Crippen LogP contribution in [0.3, 0.4) is 0 Å². The molecule has 0 bridgehead atoms. The van der Waals surface area contributed by atoms with Gasteiger partial charge in [-0.1, -0.05) is 48.0 Å². The van der Waals surface area contributed by atoms with Crippen molar-refractivity contribution in [3.05, 3.63) is 70.2 Å². The summed E-state index contributed by atoms with van der Waals surface area (Å²) in [5, 5.41) is 5.50. The van der Waals surface area contributed by atoms with Gasteiger partial charge in [-0.2, -0.15) is 0 Å². The van der Waals surface area contributed by atoms with Gasteiger partial charge in [0.25, 0.3) is 5.91 Å². The number of rotatable bonds is 6. The van der Waals surface area contributed by atoms with Gasteiger partial charge in [0.15, 0.2) is 6.61 Å². The molecule has 0 atom stereocenters. The van der Waals surface area contributed by atoms with E-state index >= 15 is 0 Å². The van der Waals surface area contributed by atoms with Gasteiger partial charge in [-0.3, -0.25) is 9.59 Å². The Morgan fingerprint density at radius 2 is 1.71 bits per heavy atom. The third-order valence-corrected chi connectivity index (χ3v) is 5.23. The normalized spacial score (nSPS) is 10.5. The summed E-state index contributed by atoms with van der Waals surface area (Å²) in [6.07, 6.45) is 0.0407. The molecule has 0 radical (unpaired) electrons. The van der Waals surface area contributed by atoms with E-state index in [1.807, 2.05) is 68.6 Å². The standard InChI is InChI=1S/C22H22N2O3S/c1-14-7-9-17(10-8-14)22-23-18(13-28-22)11-20(26)27-12-19(25)24-21-15(2)5-4-6-16(21)3/h4-10,13H,11-12H2,1-3H3,(H,24,25). The van der Waals surface area contributed by atoms with Gasteiger partial charge in [0.2, 0.25) is 0 Å². The van der Waals surface area contributed by atoms with Gasteiger partial charge in [0.1, 0.15) is 5.01 Å². The summed E-state index contributed by atoms with van der Waals surface area (Å²) in [7, 11) is 0. The van der Waals surface area contributed by atoms with Crippen LogP contribution in [0.4, 0.5) is 5.69 Å². The van der Waals surface area contributed by atoms with Crippen molar-refractivity contribution >= 4 is 28.9 Å². The fourth-order valence-corrected chi connectivity index (χ4v) is 3.57. The van der Waals surface area contributed by atoms with Crippen LogP contribution in [0, 0.1) is 20.8 Å². The number of aromatic nitrogens is 1. The van der Waals surface area contributed by atoms with Crippen molar-refractivity contribution in [1.29, 1.82) is 0 Å². The number of nitrogens with one attached hydrogen (secondary N) is 1. The molecular formula is C22H22N2O3S. The molecule has 3 rings (SSSR count). The lowest BCUT2D eigenvalue weighted by atomic mass is 10.1. The maximum absolute atomic E-state index is 12.1. The molecule has 0 saturated carbocycles. The van der Waals surface area contributed by atoms with E-state index in [2.05, 4.69) is 10.3 Å². The van der Waals surface area contributed by atoms with Gasteiger partial charge >= 0.3 is 5.97 Å². The highest BCUT2D eigenvalue weighted by molar-refractivity contribution is 7.13. The van der Waals surface area contributed by atoms with Gasteiger partial charge < -0.3 is 10.1 Å². The topological polar surface area (TPSA) is 68.3 Å². The van der Waals surface area contributed by atoms with E-state index < -0.39 is 5.97 Å². The number of carbonyl (C=O) groups is 2. The van der Waals surface area contributed by atoms with Crippen LogP contribution < -0.4 is 5.32 Å². The quantitative estimate of drug-likeness (QED) is 0.627. The molecule has 1 heterocycles. The molecule has 144 valence electrons. The minimum absolute atomic E-state index is 0.0407. The molecule has 2 aromatic carbocycles. The summed E-state index contributed by atoms with van der Waals surface area (Å²) in [5.41, 5.74) is 5.52. The van der Waals surface area contributed by atoms with Crippen molar-refractivity contribution in [3.63, 3.8) is 0 Å². The lowest BCUT2D eigenvalue weighted by molar-refractivity contribution is -0.146. The van der Waals surface area contributed by atoms with E-state index in [-0.39, 0.29) is 18.9 Å². The largest absolute Gasteiger partial charge is 0.455 e. The molecule has 0 fully saturated rings. The Morgan fingerprint density at radius 3 is 2.39 bits per heavy atom. The molecule has 0 aliphatic carbocycles. The molecule has 0 unspecified atom stereocenters. The van der Waals surface area contributed by atoms with Gasteiger partial charge in [-0.05, 0) is 31.9 Å². The Labute approximate surface area is 168 Å². The summed E-state index contributed by atoms with van der Waals surface area (Å²) in [4.78, 5) is 28.6. The van der Waals surface area contributed by atoms with Gasteiger partial charge in [-0.15, -0.1) is 11.3 Å². The average Bonchev–Trinajstić information content (AvgIpc) is 3.12. The number of amides is 1. The first kappa shape index (κ1) is 19.8. The maximum Gasteiger partial charge on any atom is 0.312 e. The first-order valence-corrected chi connectivity index (χ1v) is 9.83. The Balaban J connectivity index is 1.52. The van der Waals surface area contributed by atoms with Gasteiger partial charge in [-0.25, -0.2) is 4.98 Å². The van der Waals surface area contributed by atoms with E-state index in [1.54, 1.807) is 0 Å². The minimum atomic E-state index is -0.475. The van der Waals surface area contributed by atoms with Crippen LogP contribution in [0.25, 0.3) is 10.6 Å². The predicted molar refractivity (Wildman–Crippen MR) is 111 cm³/mol. The Morgan fingerprint density at radius 1 is 1.04 bits per heavy atom. The number of anilines is 1. The zero-order chi connectivity index (χ0) is 20.1. The van der Waals surface area contributed by atoms with Crippen LogP contribution >= 0.6 is 11.3 Å². The van der Waals surface area contributed by atoms with E-state index in [0.717, 1.165) is 27.4 Å². The Kier molecular flexibility index (Phi) is 6.21. The highest BCUT2D eigenvalue weighted by atomic mass is 32.1. The minimum Gasteiger partial charge on any atom is -0.455 e. The zero-order valence-electron chi connectivity index (χ0n) is 16.1. The van der Waals surface area contributed by atoms with Gasteiger partial charge in [0, 0.05) is 16.6 Å². The summed E-state index contributed by atoms with van der Waals surface area (Å²) >= 11 is 1.48. The summed E-state index contributed by atoms with van der Waals surface area (Å²) in [5.74, 6) is -0.832. The first-order chi connectivity index (χ1) is 13.4. The van der Waals surface area contributed by atoms with E-state index in [9.17, 15) is 9.59 Å². The molecule has 0 saturated heterocycles. The van der Waals surface area contributed by atoms with E-state index in [0.29, 0.717) is 5.69 Å². The number of benzene rings is 2. The van der Waals surface area contributed by atoms with Crippen LogP contribution in [-0.4, -0.2) is 23.5 Å². The number of nitrogens with zero attached hydrogens (tertiary/aromatic N) is 1. The fourth-order valence-electron chi connectivity index (χ4n) is 2.75. The molecule has 6 heteroatoms. The number of esters is 1. The van der Waals surface area contributed by atoms with Crippen LogP contribution in [-0.2, 0) is 20.7 Å². The average molecular weight is 394 g/mol. The first-order valence-electron chi connectivity index (χ1n) is 8.95. The molecule has 0 spiro atoms. The number of carbonyl (C=O) groups excluding carboxylic acids is 2. The second-order valence-corrected chi connectivity index (χ2v) is 7.52. The van der Waals surface area contributed by atoms with E-state index in [4.69, 9.17) is 4.74 Å². The smallest absolute Gasteiger partial charge is 0.312 e. The molecule has 5 nitrogen and oxygen atoms in total. The number of aryl methyl sites for hydroxylation is 3. The number of hydrogen-bond acceptors (Lipinski definition) is 5. The highest BCUT2D eigenvalue weighted by Crippen LogP contribution is 2.24. The lowest BCUT2D eigenvalue weighted by Crippen LogP contribution is -2.22. The van der Waals surface area contributed by atoms with Crippen LogP contribution in [0.1, 0.15) is 22.4 Å². The molecule has 1 amide bonds. The van der Waals surface area contributed by atoms with Crippen molar-refractivity contribution in [2.24, 2.45) is 0 Å². The number of ether oxygens (including phenoxy) is 1. The molecule has 28 heavy (non-hydrogen) atoms. The van der Waals surface area contributed by atoms with Crippen LogP contribution in [0.2, 0.25) is 0 Å². The third kappa shape index (κ3) is 5.04. The van der Waals surface area contributed by atoms with Gasteiger partial charge in [0.05, 0.1) is 12.1 Å². The number of thiazole rings is 1. The second kappa shape index (κ2) is 8.80. The highest BCUT2D eigenvalue weighted by Gasteiger charge is 2.13. The third-order valence-electron chi connectivity index (χ3n) is 4.29. The SMILES string of the molecule is Cc1ccc(-c2nc(CC(=O)OCC(=O)Nc3c(C)cccc3C)cs2)cc1. The van der Waals surface area contributed by atoms with Crippen molar-refractivity contribution in [2.75, 3.05) is 11.9 Å². The molecule has 1 N–H and O–H groups in total. The van der Waals surface area contributed by atoms with Crippen LogP contribution in [0.5, 0.6) is 0 Å². The van der Waals surface area contributed by atoms with Crippen molar-refractivity contribution in [3.8, 4) is 10.6 Å². The fraction of sp³-hybridized carbons (Fsp3) is 0.227. The molecule has 0 aliphatic heterocycles. The van der Waals surface area contributed by atoms with Crippen molar-refractivity contribution in [1.82, 2.24) is 4.98 Å². The van der Waals surface area contributed by atoms with Crippen LogP contribution in [0.15, 0.2) is 47.8 Å². The predicted octanol–water partition coefficient (Wildman–Crippen LogP) is 4.46. The summed E-state index contributed by atoms with van der Waals surface area (Å²) in [6, 6.07) is 13.8.